The number of nitro groups is 1. The Bertz CT molecular complexity index is 496. The molecular weight excluding hydrogens is 273 g/mol. The third-order valence-corrected chi connectivity index (χ3v) is 4.02. The average molecular weight is 295 g/mol. The lowest BCUT2D eigenvalue weighted by Crippen LogP contribution is -2.40. The lowest BCUT2D eigenvalue weighted by molar-refractivity contribution is -0.385. The van der Waals surface area contributed by atoms with Gasteiger partial charge in [0, 0.05) is 18.7 Å². The molecular formula is C15H22FN3O2. The van der Waals surface area contributed by atoms with Crippen molar-refractivity contribution in [3.05, 3.63) is 39.7 Å². The highest BCUT2D eigenvalue weighted by Gasteiger charge is 2.22. The molecule has 21 heavy (non-hydrogen) atoms. The van der Waals surface area contributed by atoms with Crippen LogP contribution in [0.15, 0.2) is 18.2 Å². The summed E-state index contributed by atoms with van der Waals surface area (Å²) >= 11 is 0. The molecule has 1 aromatic carbocycles. The van der Waals surface area contributed by atoms with E-state index in [-0.39, 0.29) is 5.69 Å². The monoisotopic (exact) mass is 295 g/mol. The number of nitro benzene ring substituents is 1. The summed E-state index contributed by atoms with van der Waals surface area (Å²) in [5, 5.41) is 14.0. The zero-order valence-electron chi connectivity index (χ0n) is 12.3. The quantitative estimate of drug-likeness (QED) is 0.647. The van der Waals surface area contributed by atoms with Gasteiger partial charge >= 0.3 is 0 Å². The Morgan fingerprint density at radius 1 is 1.43 bits per heavy atom. The molecule has 0 aromatic heterocycles. The van der Waals surface area contributed by atoms with Crippen molar-refractivity contribution in [3.63, 3.8) is 0 Å². The van der Waals surface area contributed by atoms with Crippen molar-refractivity contribution in [2.24, 2.45) is 0 Å². The fourth-order valence-electron chi connectivity index (χ4n) is 2.97. The third-order valence-electron chi connectivity index (χ3n) is 4.02. The zero-order valence-corrected chi connectivity index (χ0v) is 12.3. The van der Waals surface area contributed by atoms with Crippen molar-refractivity contribution in [1.82, 2.24) is 10.2 Å². The molecule has 1 fully saturated rings. The van der Waals surface area contributed by atoms with E-state index in [1.165, 1.54) is 18.6 Å². The molecule has 0 saturated carbocycles. The molecule has 0 amide bonds. The van der Waals surface area contributed by atoms with E-state index in [2.05, 4.69) is 10.2 Å². The molecule has 1 aliphatic rings. The van der Waals surface area contributed by atoms with Crippen molar-refractivity contribution < 1.29 is 9.31 Å². The van der Waals surface area contributed by atoms with Crippen molar-refractivity contribution in [2.75, 3.05) is 20.1 Å². The minimum absolute atomic E-state index is 0.172. The molecule has 1 heterocycles. The molecule has 116 valence electrons. The maximum Gasteiger partial charge on any atom is 0.272 e. The molecule has 5 nitrogen and oxygen atoms in total. The fraction of sp³-hybridized carbons (Fsp3) is 0.600. The lowest BCUT2D eigenvalue weighted by Gasteiger charge is -2.35. The Labute approximate surface area is 124 Å². The van der Waals surface area contributed by atoms with Gasteiger partial charge in [0.2, 0.25) is 0 Å². The van der Waals surface area contributed by atoms with Crippen LogP contribution in [0.25, 0.3) is 0 Å². The van der Waals surface area contributed by atoms with E-state index < -0.39 is 10.7 Å². The molecule has 0 radical (unpaired) electrons. The molecule has 1 atom stereocenters. The molecule has 1 aromatic rings. The largest absolute Gasteiger partial charge is 0.320 e. The summed E-state index contributed by atoms with van der Waals surface area (Å²) in [5.41, 5.74) is 0.506. The van der Waals surface area contributed by atoms with Crippen molar-refractivity contribution in [1.29, 1.82) is 0 Å². The van der Waals surface area contributed by atoms with Gasteiger partial charge in [0.15, 0.2) is 0 Å². The van der Waals surface area contributed by atoms with Crippen LogP contribution < -0.4 is 5.32 Å². The summed E-state index contributed by atoms with van der Waals surface area (Å²) in [4.78, 5) is 12.6. The van der Waals surface area contributed by atoms with Gasteiger partial charge in [-0.15, -0.1) is 0 Å². The highest BCUT2D eigenvalue weighted by Crippen LogP contribution is 2.24. The number of hydrogen-bond acceptors (Lipinski definition) is 4. The van der Waals surface area contributed by atoms with Crippen LogP contribution in [-0.2, 0) is 6.54 Å². The van der Waals surface area contributed by atoms with Crippen LogP contribution >= 0.6 is 0 Å². The highest BCUT2D eigenvalue weighted by molar-refractivity contribution is 5.35. The number of non-ortho nitro benzene ring substituents is 1. The van der Waals surface area contributed by atoms with E-state index >= 15 is 0 Å². The lowest BCUT2D eigenvalue weighted by atomic mass is 9.98. The van der Waals surface area contributed by atoms with Crippen LogP contribution in [0, 0.1) is 15.9 Å². The number of likely N-dealkylation sites (tertiary alicyclic amines) is 1. The van der Waals surface area contributed by atoms with Gasteiger partial charge in [-0.05, 0) is 51.0 Å². The number of piperidine rings is 1. The molecule has 0 spiro atoms. The molecule has 1 unspecified atom stereocenters. The first-order valence-corrected chi connectivity index (χ1v) is 7.42. The highest BCUT2D eigenvalue weighted by atomic mass is 19.1. The maximum absolute atomic E-state index is 13.5. The van der Waals surface area contributed by atoms with E-state index in [4.69, 9.17) is 0 Å². The van der Waals surface area contributed by atoms with E-state index in [9.17, 15) is 14.5 Å². The van der Waals surface area contributed by atoms with Crippen LogP contribution in [0.3, 0.4) is 0 Å². The van der Waals surface area contributed by atoms with Gasteiger partial charge in [-0.2, -0.15) is 0 Å². The first-order chi connectivity index (χ1) is 10.1. The van der Waals surface area contributed by atoms with Gasteiger partial charge < -0.3 is 5.32 Å². The molecule has 0 bridgehead atoms. The predicted molar refractivity (Wildman–Crippen MR) is 79.6 cm³/mol. The third kappa shape index (κ3) is 4.47. The standard InChI is InChI=1S/C15H22FN3O2/c1-17-6-5-14-4-2-3-7-18(14)11-12-8-13(16)10-15(9-12)19(20)21/h8-10,14,17H,2-7,11H2,1H3. The second-order valence-electron chi connectivity index (χ2n) is 5.59. The smallest absolute Gasteiger partial charge is 0.272 e. The van der Waals surface area contributed by atoms with Crippen molar-refractivity contribution in [2.45, 2.75) is 38.3 Å². The van der Waals surface area contributed by atoms with Gasteiger partial charge in [-0.25, -0.2) is 4.39 Å². The van der Waals surface area contributed by atoms with Gasteiger partial charge in [0.1, 0.15) is 5.82 Å². The summed E-state index contributed by atoms with van der Waals surface area (Å²) in [6.45, 7) is 2.50. The molecule has 1 saturated heterocycles. The number of rotatable bonds is 6. The number of nitrogens with zero attached hydrogens (tertiary/aromatic N) is 2. The normalized spacial score (nSPS) is 19.6. The first-order valence-electron chi connectivity index (χ1n) is 7.42. The number of nitrogens with one attached hydrogen (secondary N) is 1. The molecule has 1 N–H and O–H groups in total. The van der Waals surface area contributed by atoms with E-state index in [0.717, 1.165) is 38.4 Å². The summed E-state index contributed by atoms with van der Waals surface area (Å²) in [7, 11) is 1.93. The minimum Gasteiger partial charge on any atom is -0.320 e. The maximum atomic E-state index is 13.5. The van der Waals surface area contributed by atoms with E-state index in [1.54, 1.807) is 0 Å². The van der Waals surface area contributed by atoms with Crippen LogP contribution in [0.4, 0.5) is 10.1 Å². The number of benzene rings is 1. The summed E-state index contributed by atoms with van der Waals surface area (Å²) in [5.74, 6) is -0.539. The molecule has 2 rings (SSSR count). The molecule has 0 aliphatic carbocycles. The second kappa shape index (κ2) is 7.47. The van der Waals surface area contributed by atoms with Gasteiger partial charge in [0.05, 0.1) is 11.0 Å². The second-order valence-corrected chi connectivity index (χ2v) is 5.59. The average Bonchev–Trinajstić information content (AvgIpc) is 2.45. The Hall–Kier alpha value is -1.53. The SMILES string of the molecule is CNCCC1CCCCN1Cc1cc(F)cc([N+](=O)[O-])c1. The summed E-state index contributed by atoms with van der Waals surface area (Å²) < 4.78 is 13.5. The van der Waals surface area contributed by atoms with Crippen LogP contribution in [0.2, 0.25) is 0 Å². The molecule has 6 heteroatoms. The minimum atomic E-state index is -0.540. The summed E-state index contributed by atoms with van der Waals surface area (Å²) in [6.07, 6.45) is 4.54. The van der Waals surface area contributed by atoms with Gasteiger partial charge in [-0.3, -0.25) is 15.0 Å². The summed E-state index contributed by atoms with van der Waals surface area (Å²) in [6, 6.07) is 4.32. The van der Waals surface area contributed by atoms with Crippen LogP contribution in [0.1, 0.15) is 31.2 Å². The van der Waals surface area contributed by atoms with Crippen molar-refractivity contribution >= 4 is 5.69 Å². The number of hydrogen-bond donors (Lipinski definition) is 1. The van der Waals surface area contributed by atoms with Crippen molar-refractivity contribution in [3.8, 4) is 0 Å². The topological polar surface area (TPSA) is 58.4 Å². The van der Waals surface area contributed by atoms with Crippen LogP contribution in [-0.4, -0.2) is 36.0 Å². The van der Waals surface area contributed by atoms with Gasteiger partial charge in [-0.1, -0.05) is 6.42 Å². The van der Waals surface area contributed by atoms with Gasteiger partial charge in [0.25, 0.3) is 5.69 Å². The van der Waals surface area contributed by atoms with E-state index in [0.29, 0.717) is 18.2 Å². The number of halogens is 1. The Kier molecular flexibility index (Phi) is 5.64. The van der Waals surface area contributed by atoms with Crippen LogP contribution in [0.5, 0.6) is 0 Å². The molecule has 1 aliphatic heterocycles. The predicted octanol–water partition coefficient (Wildman–Crippen LogP) is 2.70. The Morgan fingerprint density at radius 3 is 2.95 bits per heavy atom. The first kappa shape index (κ1) is 15.9. The fourth-order valence-corrected chi connectivity index (χ4v) is 2.97. The zero-order chi connectivity index (χ0) is 15.2. The van der Waals surface area contributed by atoms with E-state index in [1.807, 2.05) is 7.05 Å². The Balaban J connectivity index is 2.09. The Morgan fingerprint density at radius 2 is 2.24 bits per heavy atom.